The van der Waals surface area contributed by atoms with E-state index >= 15 is 0 Å². The first-order valence-corrected chi connectivity index (χ1v) is 8.59. The SMILES string of the molecule is C=C/C(F)=C(/CC)c1c([B]C)cc(CC(=C)N(C)C)cc1C(C)C. The summed E-state index contributed by atoms with van der Waals surface area (Å²) >= 11 is 0. The van der Waals surface area contributed by atoms with E-state index < -0.39 is 0 Å². The van der Waals surface area contributed by atoms with Crippen LogP contribution in [0.25, 0.3) is 5.57 Å². The van der Waals surface area contributed by atoms with Gasteiger partial charge in [0.1, 0.15) is 13.1 Å². The highest BCUT2D eigenvalue weighted by Gasteiger charge is 2.18. The van der Waals surface area contributed by atoms with E-state index in [1.165, 1.54) is 17.2 Å². The van der Waals surface area contributed by atoms with Crippen molar-refractivity contribution >= 4 is 18.3 Å². The molecule has 0 atom stereocenters. The average Bonchev–Trinajstić information content (AvgIpc) is 2.55. The van der Waals surface area contributed by atoms with Crippen molar-refractivity contribution in [3.05, 3.63) is 59.6 Å². The van der Waals surface area contributed by atoms with Crippen molar-refractivity contribution in [1.29, 1.82) is 0 Å². The van der Waals surface area contributed by atoms with Gasteiger partial charge in [-0.05, 0) is 40.7 Å². The van der Waals surface area contributed by atoms with Crippen LogP contribution in [0.1, 0.15) is 49.8 Å². The van der Waals surface area contributed by atoms with E-state index in [1.807, 2.05) is 32.7 Å². The topological polar surface area (TPSA) is 3.24 Å². The summed E-state index contributed by atoms with van der Waals surface area (Å²) in [7, 11) is 6.07. The van der Waals surface area contributed by atoms with Gasteiger partial charge in [0.2, 0.25) is 0 Å². The number of hydrogen-bond donors (Lipinski definition) is 0. The Morgan fingerprint density at radius 3 is 2.38 bits per heavy atom. The Morgan fingerprint density at radius 2 is 1.96 bits per heavy atom. The summed E-state index contributed by atoms with van der Waals surface area (Å²) in [6, 6.07) is 4.36. The predicted octanol–water partition coefficient (Wildman–Crippen LogP) is 5.08. The summed E-state index contributed by atoms with van der Waals surface area (Å²) in [4.78, 5) is 2.03. The van der Waals surface area contributed by atoms with Crippen molar-refractivity contribution in [2.24, 2.45) is 0 Å². The summed E-state index contributed by atoms with van der Waals surface area (Å²) in [5.74, 6) is 0.0818. The van der Waals surface area contributed by atoms with E-state index in [0.717, 1.165) is 28.7 Å². The van der Waals surface area contributed by atoms with E-state index in [2.05, 4.69) is 46.4 Å². The number of hydrogen-bond acceptors (Lipinski definition) is 1. The molecule has 3 heteroatoms. The molecule has 0 aliphatic rings. The molecule has 0 saturated heterocycles. The predicted molar refractivity (Wildman–Crippen MR) is 107 cm³/mol. The van der Waals surface area contributed by atoms with Gasteiger partial charge < -0.3 is 4.90 Å². The molecule has 0 heterocycles. The van der Waals surface area contributed by atoms with Crippen LogP contribution in [0.4, 0.5) is 4.39 Å². The van der Waals surface area contributed by atoms with Crippen LogP contribution in [0, 0.1) is 0 Å². The summed E-state index contributed by atoms with van der Waals surface area (Å²) < 4.78 is 14.4. The van der Waals surface area contributed by atoms with E-state index in [9.17, 15) is 4.39 Å². The van der Waals surface area contributed by atoms with E-state index in [0.29, 0.717) is 12.3 Å². The fraction of sp³-hybridized carbons (Fsp3) is 0.429. The Morgan fingerprint density at radius 1 is 1.33 bits per heavy atom. The van der Waals surface area contributed by atoms with Gasteiger partial charge in [0.25, 0.3) is 0 Å². The van der Waals surface area contributed by atoms with Crippen LogP contribution in [0.5, 0.6) is 0 Å². The monoisotopic (exact) mass is 326 g/mol. The van der Waals surface area contributed by atoms with Gasteiger partial charge in [-0.2, -0.15) is 0 Å². The summed E-state index contributed by atoms with van der Waals surface area (Å²) in [5.41, 5.74) is 6.29. The van der Waals surface area contributed by atoms with Crippen molar-refractivity contribution in [2.45, 2.75) is 46.4 Å². The minimum Gasteiger partial charge on any atom is -0.381 e. The summed E-state index contributed by atoms with van der Waals surface area (Å²) in [6.07, 6.45) is 2.75. The smallest absolute Gasteiger partial charge is 0.149 e. The third kappa shape index (κ3) is 4.62. The Balaban J connectivity index is 3.60. The molecule has 1 rings (SSSR count). The van der Waals surface area contributed by atoms with Crippen molar-refractivity contribution in [3.8, 4) is 0 Å². The van der Waals surface area contributed by atoms with Crippen molar-refractivity contribution in [2.75, 3.05) is 14.1 Å². The molecule has 0 unspecified atom stereocenters. The molecule has 1 nitrogen and oxygen atoms in total. The number of rotatable bonds is 8. The van der Waals surface area contributed by atoms with E-state index in [1.54, 1.807) is 0 Å². The molecule has 0 N–H and O–H groups in total. The first kappa shape index (κ1) is 20.3. The first-order valence-electron chi connectivity index (χ1n) is 8.59. The van der Waals surface area contributed by atoms with Gasteiger partial charge in [0.05, 0.1) is 0 Å². The number of halogens is 1. The molecular weight excluding hydrogens is 296 g/mol. The van der Waals surface area contributed by atoms with Gasteiger partial charge in [-0.25, -0.2) is 4.39 Å². The van der Waals surface area contributed by atoms with Gasteiger partial charge in [0, 0.05) is 26.2 Å². The van der Waals surface area contributed by atoms with Crippen LogP contribution in [-0.2, 0) is 6.42 Å². The van der Waals surface area contributed by atoms with Gasteiger partial charge in [-0.3, -0.25) is 0 Å². The number of benzene rings is 1. The maximum Gasteiger partial charge on any atom is 0.149 e. The zero-order chi connectivity index (χ0) is 18.4. The highest BCUT2D eigenvalue weighted by atomic mass is 19.1. The normalized spacial score (nSPS) is 12.0. The fourth-order valence-corrected chi connectivity index (χ4v) is 2.87. The highest BCUT2D eigenvalue weighted by molar-refractivity contribution is 6.53. The maximum atomic E-state index is 14.4. The Bertz CT molecular complexity index is 641. The number of allylic oxidation sites excluding steroid dienone is 4. The lowest BCUT2D eigenvalue weighted by Crippen LogP contribution is -2.22. The molecule has 0 aliphatic heterocycles. The van der Waals surface area contributed by atoms with Crippen LogP contribution in [0.15, 0.2) is 42.9 Å². The second-order valence-electron chi connectivity index (χ2n) is 6.61. The van der Waals surface area contributed by atoms with Crippen LogP contribution < -0.4 is 5.46 Å². The van der Waals surface area contributed by atoms with Crippen LogP contribution in [-0.4, -0.2) is 26.3 Å². The third-order valence-electron chi connectivity index (χ3n) is 4.36. The molecule has 0 aromatic heterocycles. The quantitative estimate of drug-likeness (QED) is 0.475. The average molecular weight is 326 g/mol. The van der Waals surface area contributed by atoms with Crippen LogP contribution in [0.3, 0.4) is 0 Å². The lowest BCUT2D eigenvalue weighted by molar-refractivity contribution is 0.501. The Kier molecular flexibility index (Phi) is 7.53. The first-order chi connectivity index (χ1) is 11.3. The lowest BCUT2D eigenvalue weighted by Gasteiger charge is -2.23. The zero-order valence-electron chi connectivity index (χ0n) is 16.0. The number of likely N-dealkylation sites (N-methyl/N-ethyl adjacent to an activating group) is 1. The second-order valence-corrected chi connectivity index (χ2v) is 6.61. The molecule has 1 radical (unpaired) electrons. The second kappa shape index (κ2) is 8.91. The molecule has 0 bridgehead atoms. The molecule has 0 fully saturated rings. The van der Waals surface area contributed by atoms with Crippen LogP contribution >= 0.6 is 0 Å². The maximum absolute atomic E-state index is 14.4. The van der Waals surface area contributed by atoms with Crippen molar-refractivity contribution in [3.63, 3.8) is 0 Å². The minimum atomic E-state index is -0.229. The molecule has 0 saturated carbocycles. The molecule has 0 aliphatic carbocycles. The Labute approximate surface area is 148 Å². The molecule has 24 heavy (non-hydrogen) atoms. The molecule has 0 spiro atoms. The van der Waals surface area contributed by atoms with E-state index in [-0.39, 0.29) is 5.83 Å². The lowest BCUT2D eigenvalue weighted by atomic mass is 9.66. The standard InChI is InChI=1S/C21H30BFN/c1-9-17(20(23)10-2)21-18(14(3)4)12-16(13-19(21)22-6)11-15(5)24(7)8/h10,12-14H,2,5,9,11H2,1,3-4,6-8H3/b20-17+. The van der Waals surface area contributed by atoms with Crippen LogP contribution in [0.2, 0.25) is 6.82 Å². The largest absolute Gasteiger partial charge is 0.381 e. The minimum absolute atomic E-state index is 0.229. The third-order valence-corrected chi connectivity index (χ3v) is 4.36. The number of nitrogens with zero attached hydrogens (tertiary/aromatic N) is 1. The van der Waals surface area contributed by atoms with E-state index in [4.69, 9.17) is 0 Å². The molecular formula is C21H30BFN. The summed E-state index contributed by atoms with van der Waals surface area (Å²) in [6.45, 7) is 16.0. The Hall–Kier alpha value is -1.77. The van der Waals surface area contributed by atoms with Crippen molar-refractivity contribution in [1.82, 2.24) is 4.90 Å². The molecule has 1 aromatic carbocycles. The van der Waals surface area contributed by atoms with Gasteiger partial charge in [-0.15, -0.1) is 0 Å². The fourth-order valence-electron chi connectivity index (χ4n) is 2.87. The molecule has 1 aromatic rings. The zero-order valence-corrected chi connectivity index (χ0v) is 16.0. The summed E-state index contributed by atoms with van der Waals surface area (Å²) in [5, 5.41) is 0. The molecule has 129 valence electrons. The van der Waals surface area contributed by atoms with Crippen molar-refractivity contribution < 1.29 is 4.39 Å². The van der Waals surface area contributed by atoms with Gasteiger partial charge in [0.15, 0.2) is 0 Å². The molecule has 0 amide bonds. The highest BCUT2D eigenvalue weighted by Crippen LogP contribution is 2.31. The van der Waals surface area contributed by atoms with Gasteiger partial charge >= 0.3 is 0 Å². The van der Waals surface area contributed by atoms with Gasteiger partial charge in [-0.1, -0.05) is 58.3 Å².